The number of rotatable bonds is 2. The molecule has 3 heteroatoms. The maximum atomic E-state index is 4.61. The highest BCUT2D eigenvalue weighted by molar-refractivity contribution is 7.19. The SMILES string of the molecule is Cc1ccc2sc(/C=C/c3cccs3)nc2c1. The van der Waals surface area contributed by atoms with Gasteiger partial charge in [0.2, 0.25) is 0 Å². The van der Waals surface area contributed by atoms with Gasteiger partial charge in [-0.1, -0.05) is 12.1 Å². The van der Waals surface area contributed by atoms with Crippen molar-refractivity contribution in [3.8, 4) is 0 Å². The molecule has 0 aliphatic heterocycles. The molecule has 0 bridgehead atoms. The topological polar surface area (TPSA) is 12.9 Å². The van der Waals surface area contributed by atoms with Crippen molar-refractivity contribution in [3.05, 3.63) is 51.2 Å². The number of hydrogen-bond donors (Lipinski definition) is 0. The van der Waals surface area contributed by atoms with Gasteiger partial charge in [-0.15, -0.1) is 22.7 Å². The summed E-state index contributed by atoms with van der Waals surface area (Å²) >= 11 is 3.48. The fraction of sp³-hybridized carbons (Fsp3) is 0.0714. The lowest BCUT2D eigenvalue weighted by Gasteiger charge is -1.88. The first-order valence-corrected chi connectivity index (χ1v) is 7.10. The lowest BCUT2D eigenvalue weighted by Crippen LogP contribution is -1.71. The molecule has 2 heterocycles. The van der Waals surface area contributed by atoms with Gasteiger partial charge in [0.15, 0.2) is 0 Å². The van der Waals surface area contributed by atoms with E-state index in [0.717, 1.165) is 10.5 Å². The highest BCUT2D eigenvalue weighted by Gasteiger charge is 2.00. The molecule has 0 radical (unpaired) electrons. The van der Waals surface area contributed by atoms with E-state index in [9.17, 15) is 0 Å². The third-order valence-electron chi connectivity index (χ3n) is 2.49. The predicted molar refractivity (Wildman–Crippen MR) is 77.6 cm³/mol. The number of aryl methyl sites for hydroxylation is 1. The standard InChI is InChI=1S/C14H11NS2/c1-10-4-6-13-12(9-10)15-14(17-13)7-5-11-3-2-8-16-11/h2-9H,1H3/b7-5+. The van der Waals surface area contributed by atoms with Gasteiger partial charge >= 0.3 is 0 Å². The summed E-state index contributed by atoms with van der Waals surface area (Å²) in [5, 5.41) is 3.15. The Hall–Kier alpha value is -1.45. The number of benzene rings is 1. The summed E-state index contributed by atoms with van der Waals surface area (Å²) in [4.78, 5) is 5.87. The van der Waals surface area contributed by atoms with Gasteiger partial charge in [0.1, 0.15) is 5.01 Å². The third-order valence-corrected chi connectivity index (χ3v) is 4.33. The van der Waals surface area contributed by atoms with E-state index >= 15 is 0 Å². The van der Waals surface area contributed by atoms with E-state index < -0.39 is 0 Å². The van der Waals surface area contributed by atoms with Gasteiger partial charge in [0.25, 0.3) is 0 Å². The number of hydrogen-bond acceptors (Lipinski definition) is 3. The molecule has 0 amide bonds. The average molecular weight is 257 g/mol. The first-order chi connectivity index (χ1) is 8.31. The summed E-state index contributed by atoms with van der Waals surface area (Å²) in [5.41, 5.74) is 2.36. The Labute approximate surface area is 108 Å². The van der Waals surface area contributed by atoms with Gasteiger partial charge in [-0.3, -0.25) is 0 Å². The molecule has 0 aliphatic carbocycles. The summed E-state index contributed by atoms with van der Waals surface area (Å²) in [5.74, 6) is 0. The van der Waals surface area contributed by atoms with Crippen LogP contribution < -0.4 is 0 Å². The molecule has 1 nitrogen and oxygen atoms in total. The molecule has 0 fully saturated rings. The summed E-state index contributed by atoms with van der Waals surface area (Å²) in [6.45, 7) is 2.10. The van der Waals surface area contributed by atoms with Crippen LogP contribution in [-0.2, 0) is 0 Å². The molecule has 0 N–H and O–H groups in total. The lowest BCUT2D eigenvalue weighted by molar-refractivity contribution is 1.43. The summed E-state index contributed by atoms with van der Waals surface area (Å²) in [7, 11) is 0. The molecule has 84 valence electrons. The molecular weight excluding hydrogens is 246 g/mol. The van der Waals surface area contributed by atoms with Crippen LogP contribution in [0.25, 0.3) is 22.4 Å². The van der Waals surface area contributed by atoms with Gasteiger partial charge < -0.3 is 0 Å². The fourth-order valence-corrected chi connectivity index (χ4v) is 3.13. The summed E-state index contributed by atoms with van der Waals surface area (Å²) in [6, 6.07) is 10.6. The van der Waals surface area contributed by atoms with Crippen LogP contribution in [0.3, 0.4) is 0 Å². The first kappa shape index (κ1) is 10.7. The zero-order valence-corrected chi connectivity index (χ0v) is 11.0. The van der Waals surface area contributed by atoms with Crippen LogP contribution in [-0.4, -0.2) is 4.98 Å². The van der Waals surface area contributed by atoms with Crippen LogP contribution in [0.4, 0.5) is 0 Å². The number of aromatic nitrogens is 1. The Kier molecular flexibility index (Phi) is 2.79. The Morgan fingerprint density at radius 3 is 2.94 bits per heavy atom. The summed E-state index contributed by atoms with van der Waals surface area (Å²) in [6.07, 6.45) is 4.21. The van der Waals surface area contributed by atoms with E-state index in [0.29, 0.717) is 0 Å². The van der Waals surface area contributed by atoms with Gasteiger partial charge in [0, 0.05) is 4.88 Å². The minimum Gasteiger partial charge on any atom is -0.237 e. The second kappa shape index (κ2) is 4.43. The van der Waals surface area contributed by atoms with Crippen LogP contribution in [0.15, 0.2) is 35.7 Å². The van der Waals surface area contributed by atoms with Crippen LogP contribution in [0.2, 0.25) is 0 Å². The minimum absolute atomic E-state index is 1.07. The normalized spacial score (nSPS) is 11.6. The molecule has 1 aromatic carbocycles. The van der Waals surface area contributed by atoms with Crippen molar-refractivity contribution in [2.24, 2.45) is 0 Å². The number of nitrogens with zero attached hydrogens (tertiary/aromatic N) is 1. The average Bonchev–Trinajstić information content (AvgIpc) is 2.94. The quantitative estimate of drug-likeness (QED) is 0.640. The van der Waals surface area contributed by atoms with E-state index in [2.05, 4.69) is 59.8 Å². The molecule has 3 aromatic rings. The van der Waals surface area contributed by atoms with Crippen LogP contribution >= 0.6 is 22.7 Å². The largest absolute Gasteiger partial charge is 0.237 e. The zero-order valence-electron chi connectivity index (χ0n) is 9.38. The molecule has 0 unspecified atom stereocenters. The molecule has 0 atom stereocenters. The van der Waals surface area contributed by atoms with Gasteiger partial charge in [-0.25, -0.2) is 4.98 Å². The van der Waals surface area contributed by atoms with E-state index in [1.54, 1.807) is 22.7 Å². The number of thiophene rings is 1. The third kappa shape index (κ3) is 2.30. The second-order valence-electron chi connectivity index (χ2n) is 3.87. The highest BCUT2D eigenvalue weighted by Crippen LogP contribution is 2.24. The van der Waals surface area contributed by atoms with Gasteiger partial charge in [0.05, 0.1) is 10.2 Å². The van der Waals surface area contributed by atoms with Crippen LogP contribution in [0, 0.1) is 6.92 Å². The molecule has 0 aliphatic rings. The van der Waals surface area contributed by atoms with E-state index in [-0.39, 0.29) is 0 Å². The lowest BCUT2D eigenvalue weighted by atomic mass is 10.2. The van der Waals surface area contributed by atoms with E-state index in [1.165, 1.54) is 15.1 Å². The Bertz CT molecular complexity index is 663. The first-order valence-electron chi connectivity index (χ1n) is 5.40. The zero-order chi connectivity index (χ0) is 11.7. The summed E-state index contributed by atoms with van der Waals surface area (Å²) < 4.78 is 1.25. The van der Waals surface area contributed by atoms with Crippen molar-refractivity contribution in [2.75, 3.05) is 0 Å². The van der Waals surface area contributed by atoms with Crippen molar-refractivity contribution >= 4 is 45.0 Å². The van der Waals surface area contributed by atoms with Crippen LogP contribution in [0.5, 0.6) is 0 Å². The van der Waals surface area contributed by atoms with Crippen LogP contribution in [0.1, 0.15) is 15.4 Å². The van der Waals surface area contributed by atoms with Gasteiger partial charge in [-0.2, -0.15) is 0 Å². The van der Waals surface area contributed by atoms with Crippen molar-refractivity contribution < 1.29 is 0 Å². The second-order valence-corrected chi connectivity index (χ2v) is 5.91. The molecule has 17 heavy (non-hydrogen) atoms. The van der Waals surface area contributed by atoms with Crippen molar-refractivity contribution in [1.82, 2.24) is 4.98 Å². The molecule has 0 saturated carbocycles. The predicted octanol–water partition coefficient (Wildman–Crippen LogP) is 4.84. The Morgan fingerprint density at radius 1 is 1.18 bits per heavy atom. The highest BCUT2D eigenvalue weighted by atomic mass is 32.1. The Balaban J connectivity index is 1.96. The minimum atomic E-state index is 1.07. The monoisotopic (exact) mass is 257 g/mol. The van der Waals surface area contributed by atoms with Crippen molar-refractivity contribution in [2.45, 2.75) is 6.92 Å². The molecule has 2 aromatic heterocycles. The van der Waals surface area contributed by atoms with Crippen molar-refractivity contribution in [3.63, 3.8) is 0 Å². The molecular formula is C14H11NS2. The fourth-order valence-electron chi connectivity index (χ4n) is 1.67. The molecule has 0 saturated heterocycles. The van der Waals surface area contributed by atoms with E-state index in [4.69, 9.17) is 0 Å². The number of thiazole rings is 1. The van der Waals surface area contributed by atoms with E-state index in [1.807, 2.05) is 0 Å². The maximum absolute atomic E-state index is 4.61. The maximum Gasteiger partial charge on any atom is 0.117 e. The molecule has 0 spiro atoms. The van der Waals surface area contributed by atoms with Crippen molar-refractivity contribution in [1.29, 1.82) is 0 Å². The molecule has 3 rings (SSSR count). The van der Waals surface area contributed by atoms with Gasteiger partial charge in [-0.05, 0) is 48.2 Å². The smallest absolute Gasteiger partial charge is 0.117 e. The Morgan fingerprint density at radius 2 is 2.12 bits per heavy atom. The number of fused-ring (bicyclic) bond motifs is 1.